The van der Waals surface area contributed by atoms with Gasteiger partial charge in [-0.15, -0.1) is 0 Å². The zero-order valence-corrected chi connectivity index (χ0v) is 10.0. The first kappa shape index (κ1) is 11.0. The summed E-state index contributed by atoms with van der Waals surface area (Å²) in [6, 6.07) is 2.55. The second-order valence-corrected chi connectivity index (χ2v) is 6.10. The van der Waals surface area contributed by atoms with Crippen LogP contribution >= 0.6 is 33.9 Å². The van der Waals surface area contributed by atoms with Gasteiger partial charge in [0.1, 0.15) is 5.52 Å². The number of nitrogens with zero attached hydrogens (tertiary/aromatic N) is 1. The molecule has 0 fully saturated rings. The Morgan fingerprint density at radius 1 is 1.27 bits per heavy atom. The van der Waals surface area contributed by atoms with Crippen molar-refractivity contribution in [1.82, 2.24) is 9.97 Å². The van der Waals surface area contributed by atoms with E-state index in [1.807, 2.05) is 0 Å². The van der Waals surface area contributed by atoms with Gasteiger partial charge in [-0.3, -0.25) is 0 Å². The number of H-pyrrole nitrogens is 1. The Bertz CT molecular complexity index is 635. The average molecular weight is 286 g/mol. The van der Waals surface area contributed by atoms with Crippen LogP contribution in [0.2, 0.25) is 10.3 Å². The molecule has 8 heteroatoms. The van der Waals surface area contributed by atoms with Gasteiger partial charge in [0.2, 0.25) is 5.28 Å². The summed E-state index contributed by atoms with van der Waals surface area (Å²) in [5, 5.41) is 0.311. The number of halogens is 3. The molecule has 15 heavy (non-hydrogen) atoms. The number of nitrogens with one attached hydrogen (secondary N) is 1. The highest BCUT2D eigenvalue weighted by atomic mass is 35.7. The van der Waals surface area contributed by atoms with Crippen molar-refractivity contribution >= 4 is 54.0 Å². The first-order chi connectivity index (χ1) is 6.88. The zero-order chi connectivity index (χ0) is 11.2. The summed E-state index contributed by atoms with van der Waals surface area (Å²) in [6.07, 6.45) is 0. The van der Waals surface area contributed by atoms with Crippen molar-refractivity contribution in [3.05, 3.63) is 22.4 Å². The van der Waals surface area contributed by atoms with Crippen molar-refractivity contribution in [2.24, 2.45) is 0 Å². The molecule has 1 aromatic carbocycles. The first-order valence-electron chi connectivity index (χ1n) is 3.67. The third-order valence-corrected chi connectivity index (χ3v) is 3.57. The van der Waals surface area contributed by atoms with Crippen molar-refractivity contribution < 1.29 is 8.42 Å². The Balaban J connectivity index is 2.84. The van der Waals surface area contributed by atoms with Gasteiger partial charge < -0.3 is 4.98 Å². The van der Waals surface area contributed by atoms with E-state index in [-0.39, 0.29) is 15.2 Å². The van der Waals surface area contributed by atoms with E-state index in [2.05, 4.69) is 9.97 Å². The standard InChI is InChI=1S/C7H3Cl3N2O2S/c8-4-1-3(15(10,13)14)2-5-6(4)12-7(9)11-5/h1-2H,(H,11,12). The van der Waals surface area contributed by atoms with Gasteiger partial charge in [-0.25, -0.2) is 13.4 Å². The topological polar surface area (TPSA) is 62.8 Å². The van der Waals surface area contributed by atoms with E-state index < -0.39 is 9.05 Å². The van der Waals surface area contributed by atoms with Gasteiger partial charge in [0, 0.05) is 10.7 Å². The molecule has 1 heterocycles. The fraction of sp³-hybridized carbons (Fsp3) is 0. The molecule has 2 aromatic rings. The average Bonchev–Trinajstić information content (AvgIpc) is 2.44. The summed E-state index contributed by atoms with van der Waals surface area (Å²) < 4.78 is 22.2. The Hall–Kier alpha value is -0.490. The fourth-order valence-electron chi connectivity index (χ4n) is 1.16. The van der Waals surface area contributed by atoms with Crippen LogP contribution in [-0.2, 0) is 9.05 Å². The third-order valence-electron chi connectivity index (χ3n) is 1.77. The van der Waals surface area contributed by atoms with Crippen LogP contribution in [0.4, 0.5) is 0 Å². The molecule has 0 saturated carbocycles. The maximum Gasteiger partial charge on any atom is 0.261 e. The molecule has 0 amide bonds. The van der Waals surface area contributed by atoms with Crippen LogP contribution in [0, 0.1) is 0 Å². The second-order valence-electron chi connectivity index (χ2n) is 2.77. The zero-order valence-electron chi connectivity index (χ0n) is 6.96. The molecule has 4 nitrogen and oxygen atoms in total. The number of aromatic amines is 1. The van der Waals surface area contributed by atoms with Crippen molar-refractivity contribution in [3.8, 4) is 0 Å². The normalized spacial score (nSPS) is 12.2. The molecular formula is C7H3Cl3N2O2S. The van der Waals surface area contributed by atoms with E-state index in [4.69, 9.17) is 33.9 Å². The molecule has 1 N–H and O–H groups in total. The van der Waals surface area contributed by atoms with E-state index in [1.54, 1.807) is 0 Å². The maximum absolute atomic E-state index is 11.1. The van der Waals surface area contributed by atoms with Crippen LogP contribution in [0.3, 0.4) is 0 Å². The Morgan fingerprint density at radius 3 is 2.53 bits per heavy atom. The summed E-state index contributed by atoms with van der Waals surface area (Å²) in [4.78, 5) is 6.44. The Kier molecular flexibility index (Phi) is 2.58. The molecule has 0 radical (unpaired) electrons. The molecule has 0 spiro atoms. The van der Waals surface area contributed by atoms with Gasteiger partial charge in [-0.05, 0) is 23.7 Å². The molecule has 0 atom stereocenters. The molecule has 0 aliphatic heterocycles. The van der Waals surface area contributed by atoms with E-state index in [0.717, 1.165) is 0 Å². The first-order valence-corrected chi connectivity index (χ1v) is 6.74. The van der Waals surface area contributed by atoms with Crippen LogP contribution in [0.15, 0.2) is 17.0 Å². The molecule has 0 bridgehead atoms. The highest BCUT2D eigenvalue weighted by Gasteiger charge is 2.15. The molecule has 0 unspecified atom stereocenters. The van der Waals surface area contributed by atoms with Crippen molar-refractivity contribution in [1.29, 1.82) is 0 Å². The SMILES string of the molecule is O=S(=O)(Cl)c1cc(Cl)c2nc(Cl)[nH]c2c1. The quantitative estimate of drug-likeness (QED) is 0.820. The minimum absolute atomic E-state index is 0.0954. The lowest BCUT2D eigenvalue weighted by Gasteiger charge is -1.97. The molecule has 80 valence electrons. The lowest BCUT2D eigenvalue weighted by molar-refractivity contribution is 0.609. The van der Waals surface area contributed by atoms with Crippen molar-refractivity contribution in [3.63, 3.8) is 0 Å². The van der Waals surface area contributed by atoms with Crippen molar-refractivity contribution in [2.45, 2.75) is 4.90 Å². The van der Waals surface area contributed by atoms with Crippen LogP contribution in [0.1, 0.15) is 0 Å². The smallest absolute Gasteiger partial charge is 0.261 e. The summed E-state index contributed by atoms with van der Waals surface area (Å²) >= 11 is 11.4. The van der Waals surface area contributed by atoms with Gasteiger partial charge in [-0.1, -0.05) is 11.6 Å². The number of hydrogen-bond donors (Lipinski definition) is 1. The van der Waals surface area contributed by atoms with Crippen LogP contribution in [0.25, 0.3) is 11.0 Å². The predicted octanol–water partition coefficient (Wildman–Crippen LogP) is 2.80. The Labute approximate surface area is 99.6 Å². The largest absolute Gasteiger partial charge is 0.328 e. The predicted molar refractivity (Wildman–Crippen MR) is 59.2 cm³/mol. The maximum atomic E-state index is 11.1. The van der Waals surface area contributed by atoms with Gasteiger partial charge in [0.25, 0.3) is 9.05 Å². The van der Waals surface area contributed by atoms with Gasteiger partial charge in [0.05, 0.1) is 15.4 Å². The Morgan fingerprint density at radius 2 is 1.93 bits per heavy atom. The van der Waals surface area contributed by atoms with Gasteiger partial charge in [0.15, 0.2) is 0 Å². The summed E-state index contributed by atoms with van der Waals surface area (Å²) in [6.45, 7) is 0. The van der Waals surface area contributed by atoms with E-state index in [9.17, 15) is 8.42 Å². The van der Waals surface area contributed by atoms with Crippen LogP contribution in [-0.4, -0.2) is 18.4 Å². The lowest BCUT2D eigenvalue weighted by atomic mass is 10.3. The molecule has 2 rings (SSSR count). The number of hydrogen-bond acceptors (Lipinski definition) is 3. The van der Waals surface area contributed by atoms with E-state index in [0.29, 0.717) is 11.0 Å². The molecule has 0 saturated heterocycles. The number of aromatic nitrogens is 2. The fourth-order valence-corrected chi connectivity index (χ4v) is 2.46. The molecule has 0 aliphatic rings. The molecular weight excluding hydrogens is 283 g/mol. The van der Waals surface area contributed by atoms with Gasteiger partial charge >= 0.3 is 0 Å². The summed E-state index contributed by atoms with van der Waals surface area (Å²) in [5.74, 6) is 0. The van der Waals surface area contributed by atoms with Gasteiger partial charge in [-0.2, -0.15) is 0 Å². The minimum Gasteiger partial charge on any atom is -0.328 e. The summed E-state index contributed by atoms with van der Waals surface area (Å²) in [7, 11) is 1.37. The molecule has 1 aromatic heterocycles. The number of imidazole rings is 1. The van der Waals surface area contributed by atoms with Crippen LogP contribution < -0.4 is 0 Å². The molecule has 0 aliphatic carbocycles. The monoisotopic (exact) mass is 284 g/mol. The minimum atomic E-state index is -3.81. The van der Waals surface area contributed by atoms with Crippen molar-refractivity contribution in [2.75, 3.05) is 0 Å². The van der Waals surface area contributed by atoms with Crippen LogP contribution in [0.5, 0.6) is 0 Å². The second kappa shape index (κ2) is 3.52. The number of rotatable bonds is 1. The van der Waals surface area contributed by atoms with E-state index >= 15 is 0 Å². The lowest BCUT2D eigenvalue weighted by Crippen LogP contribution is -1.90. The highest BCUT2D eigenvalue weighted by Crippen LogP contribution is 2.28. The summed E-state index contributed by atoms with van der Waals surface area (Å²) in [5.41, 5.74) is 0.831. The van der Waals surface area contributed by atoms with E-state index in [1.165, 1.54) is 12.1 Å². The number of fused-ring (bicyclic) bond motifs is 1. The number of benzene rings is 1. The third kappa shape index (κ3) is 2.06. The highest BCUT2D eigenvalue weighted by molar-refractivity contribution is 8.13.